The van der Waals surface area contributed by atoms with E-state index in [0.29, 0.717) is 33.1 Å². The normalized spacial score (nSPS) is 19.2. The first-order chi connectivity index (χ1) is 8.90. The summed E-state index contributed by atoms with van der Waals surface area (Å²) < 4.78 is 0. The number of rotatable bonds is 2. The molecule has 0 spiro atoms. The average molecular weight is 301 g/mol. The van der Waals surface area contributed by atoms with Gasteiger partial charge in [0.1, 0.15) is 0 Å². The van der Waals surface area contributed by atoms with Crippen molar-refractivity contribution in [2.24, 2.45) is 11.8 Å². The summed E-state index contributed by atoms with van der Waals surface area (Å²) in [4.78, 5) is 14.3. The van der Waals surface area contributed by atoms with Crippen LogP contribution in [0.25, 0.3) is 0 Å². The van der Waals surface area contributed by atoms with Gasteiger partial charge in [-0.15, -0.1) is 0 Å². The quantitative estimate of drug-likeness (QED) is 0.847. The van der Waals surface area contributed by atoms with E-state index in [9.17, 15) is 4.79 Å². The maximum Gasteiger partial charge on any atom is 0.253 e. The van der Waals surface area contributed by atoms with Gasteiger partial charge in [0.05, 0.1) is 15.7 Å². The van der Waals surface area contributed by atoms with Gasteiger partial charge in [0.25, 0.3) is 5.91 Å². The van der Waals surface area contributed by atoms with Gasteiger partial charge in [0.15, 0.2) is 0 Å². The minimum Gasteiger partial charge on any atom is -0.396 e. The number of nitrogens with zero attached hydrogens (tertiary/aromatic N) is 1. The summed E-state index contributed by atoms with van der Waals surface area (Å²) in [7, 11) is 0. The molecule has 0 radical (unpaired) electrons. The summed E-state index contributed by atoms with van der Waals surface area (Å²) in [6.45, 7) is 5.97. The van der Waals surface area contributed by atoms with Crippen molar-refractivity contribution in [1.29, 1.82) is 0 Å². The first-order valence-corrected chi connectivity index (χ1v) is 7.19. The van der Waals surface area contributed by atoms with Gasteiger partial charge in [-0.25, -0.2) is 0 Å². The lowest BCUT2D eigenvalue weighted by atomic mass is 9.95. The van der Waals surface area contributed by atoms with Crippen molar-refractivity contribution in [3.63, 3.8) is 0 Å². The predicted molar refractivity (Wildman–Crippen MR) is 79.7 cm³/mol. The third kappa shape index (κ3) is 2.98. The fraction of sp³-hybridized carbons (Fsp3) is 0.500. The fourth-order valence-electron chi connectivity index (χ4n) is 2.41. The molecule has 2 N–H and O–H groups in total. The Kier molecular flexibility index (Phi) is 4.26. The summed E-state index contributed by atoms with van der Waals surface area (Å²) in [6.07, 6.45) is 1.06. The van der Waals surface area contributed by atoms with Crippen molar-refractivity contribution in [3.05, 3.63) is 27.7 Å². The van der Waals surface area contributed by atoms with Crippen LogP contribution in [0.2, 0.25) is 10.0 Å². The van der Waals surface area contributed by atoms with E-state index >= 15 is 0 Å². The highest BCUT2D eigenvalue weighted by Gasteiger charge is 2.29. The lowest BCUT2D eigenvalue weighted by Crippen LogP contribution is -2.29. The van der Waals surface area contributed by atoms with Gasteiger partial charge in [-0.3, -0.25) is 4.79 Å². The van der Waals surface area contributed by atoms with Crippen LogP contribution in [-0.2, 0) is 0 Å². The minimum atomic E-state index is -0.0213. The molecule has 0 saturated carbocycles. The number of carbonyl (C=O) groups excluding carboxylic acids is 1. The van der Waals surface area contributed by atoms with E-state index in [1.54, 1.807) is 12.1 Å². The summed E-state index contributed by atoms with van der Waals surface area (Å²) in [6, 6.07) is 3.18. The second-order valence-corrected chi connectivity index (χ2v) is 6.21. The zero-order valence-corrected chi connectivity index (χ0v) is 12.6. The number of carbonyl (C=O) groups is 1. The molecule has 1 aromatic rings. The SMILES string of the molecule is CC(C)C1CCN(C(=O)c2cc(Cl)c(N)c(Cl)c2)C1. The first-order valence-electron chi connectivity index (χ1n) is 6.44. The molecule has 2 rings (SSSR count). The van der Waals surface area contributed by atoms with Crippen molar-refractivity contribution in [3.8, 4) is 0 Å². The molecule has 1 heterocycles. The molecule has 1 amide bonds. The van der Waals surface area contributed by atoms with Crippen molar-refractivity contribution >= 4 is 34.8 Å². The Morgan fingerprint density at radius 1 is 1.37 bits per heavy atom. The smallest absolute Gasteiger partial charge is 0.253 e. The van der Waals surface area contributed by atoms with Gasteiger partial charge >= 0.3 is 0 Å². The topological polar surface area (TPSA) is 46.3 Å². The summed E-state index contributed by atoms with van der Waals surface area (Å²) in [5, 5.41) is 0.658. The number of halogens is 2. The molecule has 5 heteroatoms. The van der Waals surface area contributed by atoms with E-state index in [1.165, 1.54) is 0 Å². The van der Waals surface area contributed by atoms with Crippen molar-refractivity contribution < 1.29 is 4.79 Å². The maximum absolute atomic E-state index is 12.4. The summed E-state index contributed by atoms with van der Waals surface area (Å²) in [5.41, 5.74) is 6.51. The van der Waals surface area contributed by atoms with Gasteiger partial charge in [0.2, 0.25) is 0 Å². The van der Waals surface area contributed by atoms with Crippen molar-refractivity contribution in [1.82, 2.24) is 4.90 Å². The molecule has 1 fully saturated rings. The number of hydrogen-bond donors (Lipinski definition) is 1. The van der Waals surface area contributed by atoms with Crippen molar-refractivity contribution in [2.75, 3.05) is 18.8 Å². The van der Waals surface area contributed by atoms with Crippen LogP contribution in [0.1, 0.15) is 30.6 Å². The van der Waals surface area contributed by atoms with Crippen LogP contribution in [0, 0.1) is 11.8 Å². The molecule has 0 bridgehead atoms. The first kappa shape index (κ1) is 14.5. The molecule has 0 aromatic heterocycles. The minimum absolute atomic E-state index is 0.0213. The van der Waals surface area contributed by atoms with E-state index < -0.39 is 0 Å². The summed E-state index contributed by atoms with van der Waals surface area (Å²) in [5.74, 6) is 1.15. The van der Waals surface area contributed by atoms with Gasteiger partial charge in [0, 0.05) is 18.7 Å². The third-order valence-corrected chi connectivity index (χ3v) is 4.41. The van der Waals surface area contributed by atoms with Gasteiger partial charge in [-0.2, -0.15) is 0 Å². The highest BCUT2D eigenvalue weighted by atomic mass is 35.5. The lowest BCUT2D eigenvalue weighted by molar-refractivity contribution is 0.0784. The maximum atomic E-state index is 12.4. The van der Waals surface area contributed by atoms with Crippen LogP contribution in [-0.4, -0.2) is 23.9 Å². The Labute approximate surface area is 123 Å². The molecule has 104 valence electrons. The molecule has 0 aliphatic carbocycles. The number of anilines is 1. The zero-order valence-electron chi connectivity index (χ0n) is 11.1. The van der Waals surface area contributed by atoms with E-state index in [4.69, 9.17) is 28.9 Å². The molecule has 1 saturated heterocycles. The highest BCUT2D eigenvalue weighted by molar-refractivity contribution is 6.39. The van der Waals surface area contributed by atoms with Crippen LogP contribution >= 0.6 is 23.2 Å². The van der Waals surface area contributed by atoms with E-state index in [2.05, 4.69) is 13.8 Å². The number of hydrogen-bond acceptors (Lipinski definition) is 2. The lowest BCUT2D eigenvalue weighted by Gasteiger charge is -2.18. The molecular formula is C14H18Cl2N2O. The molecule has 1 aliphatic heterocycles. The van der Waals surface area contributed by atoms with E-state index in [-0.39, 0.29) is 5.91 Å². The largest absolute Gasteiger partial charge is 0.396 e. The monoisotopic (exact) mass is 300 g/mol. The van der Waals surface area contributed by atoms with Crippen LogP contribution in [0.5, 0.6) is 0 Å². The number of amides is 1. The van der Waals surface area contributed by atoms with Crippen LogP contribution in [0.3, 0.4) is 0 Å². The summed E-state index contributed by atoms with van der Waals surface area (Å²) >= 11 is 11.9. The Balaban J connectivity index is 2.17. The molecule has 1 unspecified atom stereocenters. The molecule has 19 heavy (non-hydrogen) atoms. The van der Waals surface area contributed by atoms with Gasteiger partial charge in [-0.05, 0) is 30.4 Å². The molecule has 1 aliphatic rings. The average Bonchev–Trinajstić information content (AvgIpc) is 2.84. The van der Waals surface area contributed by atoms with Crippen LogP contribution in [0.15, 0.2) is 12.1 Å². The Morgan fingerprint density at radius 2 is 1.95 bits per heavy atom. The van der Waals surface area contributed by atoms with Gasteiger partial charge in [-0.1, -0.05) is 37.0 Å². The van der Waals surface area contributed by atoms with Gasteiger partial charge < -0.3 is 10.6 Å². The Hall–Kier alpha value is -0.930. The third-order valence-electron chi connectivity index (χ3n) is 3.78. The second kappa shape index (κ2) is 5.59. The number of benzene rings is 1. The second-order valence-electron chi connectivity index (χ2n) is 5.40. The number of likely N-dealkylation sites (tertiary alicyclic amines) is 1. The Morgan fingerprint density at radius 3 is 2.42 bits per heavy atom. The molecule has 3 nitrogen and oxygen atoms in total. The molecule has 1 atom stereocenters. The van der Waals surface area contributed by atoms with Crippen molar-refractivity contribution in [2.45, 2.75) is 20.3 Å². The van der Waals surface area contributed by atoms with E-state index in [0.717, 1.165) is 19.5 Å². The number of nitrogen functional groups attached to an aromatic ring is 1. The standard InChI is InChI=1S/C14H18Cl2N2O/c1-8(2)9-3-4-18(7-9)14(19)10-5-11(15)13(17)12(16)6-10/h5-6,8-9H,3-4,7,17H2,1-2H3. The Bertz CT molecular complexity index is 479. The molecule has 1 aromatic carbocycles. The molecular weight excluding hydrogens is 283 g/mol. The number of nitrogens with two attached hydrogens (primary N) is 1. The zero-order chi connectivity index (χ0) is 14.2. The van der Waals surface area contributed by atoms with Crippen LogP contribution in [0.4, 0.5) is 5.69 Å². The highest BCUT2D eigenvalue weighted by Crippen LogP contribution is 2.31. The van der Waals surface area contributed by atoms with Crippen LogP contribution < -0.4 is 5.73 Å². The fourth-order valence-corrected chi connectivity index (χ4v) is 2.89. The predicted octanol–water partition coefficient (Wildman–Crippen LogP) is 3.69. The van der Waals surface area contributed by atoms with E-state index in [1.807, 2.05) is 4.90 Å².